The molecule has 1 N–H and O–H groups in total. The zero-order valence-electron chi connectivity index (χ0n) is 21.6. The van der Waals surface area contributed by atoms with Crippen molar-refractivity contribution >= 4 is 19.2 Å². The Morgan fingerprint density at radius 3 is 2.12 bits per heavy atom. The molecule has 1 unspecified atom stereocenters. The lowest BCUT2D eigenvalue weighted by Crippen LogP contribution is -2.24. The van der Waals surface area contributed by atoms with Crippen molar-refractivity contribution in [2.24, 2.45) is 0 Å². The minimum absolute atomic E-state index is 0.0202. The predicted molar refractivity (Wildman–Crippen MR) is 146 cm³/mol. The normalized spacial score (nSPS) is 12.5. The lowest BCUT2D eigenvalue weighted by Gasteiger charge is -2.29. The number of benzene rings is 3. The van der Waals surface area contributed by atoms with Gasteiger partial charge in [-0.3, -0.25) is 0 Å². The number of ether oxygens (including phenoxy) is 1. The number of nitrogens with one attached hydrogen (secondary N) is 1. The van der Waals surface area contributed by atoms with Gasteiger partial charge >= 0.3 is 0 Å². The molecule has 0 radical (unpaired) electrons. The van der Waals surface area contributed by atoms with Crippen LogP contribution in [0.3, 0.4) is 0 Å². The van der Waals surface area contributed by atoms with Crippen LogP contribution in [0.25, 0.3) is 0 Å². The molecule has 0 aliphatic heterocycles. The predicted octanol–water partition coefficient (Wildman–Crippen LogP) is 6.52. The van der Waals surface area contributed by atoms with Gasteiger partial charge in [-0.25, -0.2) is 0 Å². The first-order valence-electron chi connectivity index (χ1n) is 11.9. The first-order chi connectivity index (χ1) is 15.5. The number of hydrogen-bond donors (Lipinski definition) is 1. The van der Waals surface area contributed by atoms with Crippen molar-refractivity contribution in [3.05, 3.63) is 88.5 Å². The highest BCUT2D eigenvalue weighted by atomic mass is 31.1. The Hall–Kier alpha value is -2.15. The van der Waals surface area contributed by atoms with E-state index in [0.29, 0.717) is 15.2 Å². The van der Waals surface area contributed by atoms with Gasteiger partial charge in [-0.15, -0.1) is 0 Å². The minimum atomic E-state index is -0.0202. The van der Waals surface area contributed by atoms with Crippen LogP contribution in [-0.4, -0.2) is 7.05 Å². The number of rotatable bonds is 7. The summed E-state index contributed by atoms with van der Waals surface area (Å²) in [4.78, 5) is 0. The molecule has 3 rings (SSSR count). The topological polar surface area (TPSA) is 21.3 Å². The van der Waals surface area contributed by atoms with Crippen LogP contribution in [0.15, 0.2) is 60.7 Å². The van der Waals surface area contributed by atoms with Gasteiger partial charge in [-0.2, -0.15) is 0 Å². The lowest BCUT2D eigenvalue weighted by atomic mass is 9.80. The number of hydrogen-bond acceptors (Lipinski definition) is 2. The zero-order valence-corrected chi connectivity index (χ0v) is 22.6. The molecule has 0 aliphatic rings. The Morgan fingerprint density at radius 1 is 0.818 bits per heavy atom. The van der Waals surface area contributed by atoms with Crippen molar-refractivity contribution in [2.45, 2.75) is 72.4 Å². The SMILES string of the molecule is CNCc1cc(C)ccc1Pc1cc(C(C)(C)C)cc(C(C)(C)C)c1OCc1ccccc1. The summed E-state index contributed by atoms with van der Waals surface area (Å²) < 4.78 is 6.64. The van der Waals surface area contributed by atoms with Crippen molar-refractivity contribution in [2.75, 3.05) is 7.05 Å². The van der Waals surface area contributed by atoms with Crippen molar-refractivity contribution in [1.82, 2.24) is 5.32 Å². The summed E-state index contributed by atoms with van der Waals surface area (Å²) in [6.07, 6.45) is 0. The van der Waals surface area contributed by atoms with Crippen LogP contribution in [-0.2, 0) is 24.0 Å². The second kappa shape index (κ2) is 10.4. The lowest BCUT2D eigenvalue weighted by molar-refractivity contribution is 0.300. The monoisotopic (exact) mass is 461 g/mol. The molecule has 0 spiro atoms. The summed E-state index contributed by atoms with van der Waals surface area (Å²) in [5.41, 5.74) is 6.56. The molecule has 0 bridgehead atoms. The van der Waals surface area contributed by atoms with E-state index >= 15 is 0 Å². The highest BCUT2D eigenvalue weighted by Crippen LogP contribution is 2.37. The van der Waals surface area contributed by atoms with Crippen LogP contribution in [0.2, 0.25) is 0 Å². The van der Waals surface area contributed by atoms with Crippen LogP contribution < -0.4 is 20.7 Å². The Labute approximate surface area is 203 Å². The molecular weight excluding hydrogens is 421 g/mol. The molecule has 33 heavy (non-hydrogen) atoms. The standard InChI is InChI=1S/C30H40NOP/c1-21-14-15-26(23(16-21)19-31-8)33-27-18-24(29(2,3)4)17-25(30(5,6)7)28(27)32-20-22-12-10-9-11-13-22/h9-18,31,33H,19-20H2,1-8H3. The molecule has 3 heteroatoms. The molecule has 0 saturated heterocycles. The Kier molecular flexibility index (Phi) is 8.04. The molecule has 3 aromatic rings. The fourth-order valence-electron chi connectivity index (χ4n) is 3.92. The maximum Gasteiger partial charge on any atom is 0.131 e. The van der Waals surface area contributed by atoms with Crippen LogP contribution >= 0.6 is 8.58 Å². The van der Waals surface area contributed by atoms with E-state index in [4.69, 9.17) is 4.74 Å². The largest absolute Gasteiger partial charge is 0.488 e. The molecule has 0 aromatic heterocycles. The van der Waals surface area contributed by atoms with Gasteiger partial charge in [0, 0.05) is 17.4 Å². The smallest absolute Gasteiger partial charge is 0.131 e. The van der Waals surface area contributed by atoms with Crippen molar-refractivity contribution < 1.29 is 4.74 Å². The number of aryl methyl sites for hydroxylation is 1. The summed E-state index contributed by atoms with van der Waals surface area (Å²) in [6.45, 7) is 17.4. The van der Waals surface area contributed by atoms with E-state index in [1.165, 1.54) is 38.4 Å². The highest BCUT2D eigenvalue weighted by Gasteiger charge is 2.26. The van der Waals surface area contributed by atoms with Gasteiger partial charge < -0.3 is 10.1 Å². The quantitative estimate of drug-likeness (QED) is 0.405. The van der Waals surface area contributed by atoms with Gasteiger partial charge in [0.25, 0.3) is 0 Å². The van der Waals surface area contributed by atoms with E-state index in [9.17, 15) is 0 Å². The maximum absolute atomic E-state index is 6.64. The molecule has 1 atom stereocenters. The highest BCUT2D eigenvalue weighted by molar-refractivity contribution is 7.55. The molecule has 0 aliphatic carbocycles. The van der Waals surface area contributed by atoms with Crippen LogP contribution in [0.1, 0.15) is 69.4 Å². The van der Waals surface area contributed by atoms with Crippen molar-refractivity contribution in [3.8, 4) is 5.75 Å². The average molecular weight is 462 g/mol. The molecule has 0 fully saturated rings. The van der Waals surface area contributed by atoms with Crippen LogP contribution in [0.4, 0.5) is 0 Å². The van der Waals surface area contributed by atoms with Gasteiger partial charge in [0.2, 0.25) is 0 Å². The van der Waals surface area contributed by atoms with E-state index in [1.807, 2.05) is 7.05 Å². The molecule has 0 heterocycles. The summed E-state index contributed by atoms with van der Waals surface area (Å²) in [5.74, 6) is 1.05. The molecule has 0 amide bonds. The first-order valence-corrected chi connectivity index (χ1v) is 12.9. The average Bonchev–Trinajstić information content (AvgIpc) is 2.74. The van der Waals surface area contributed by atoms with Crippen molar-refractivity contribution in [3.63, 3.8) is 0 Å². The van der Waals surface area contributed by atoms with E-state index in [0.717, 1.165) is 12.3 Å². The van der Waals surface area contributed by atoms with Crippen LogP contribution in [0.5, 0.6) is 5.75 Å². The van der Waals surface area contributed by atoms with Gasteiger partial charge in [-0.05, 0) is 52.9 Å². The first kappa shape index (κ1) is 25.5. The summed E-state index contributed by atoms with van der Waals surface area (Å²) >= 11 is 0. The third-order valence-electron chi connectivity index (χ3n) is 5.89. The van der Waals surface area contributed by atoms with Gasteiger partial charge in [0.15, 0.2) is 0 Å². The fourth-order valence-corrected chi connectivity index (χ4v) is 5.25. The van der Waals surface area contributed by atoms with Gasteiger partial charge in [-0.1, -0.05) is 110 Å². The van der Waals surface area contributed by atoms with E-state index < -0.39 is 0 Å². The summed E-state index contributed by atoms with van der Waals surface area (Å²) in [6, 6.07) is 22.1. The molecule has 3 aromatic carbocycles. The van der Waals surface area contributed by atoms with E-state index in [-0.39, 0.29) is 10.8 Å². The van der Waals surface area contributed by atoms with E-state index in [2.05, 4.69) is 114 Å². The third-order valence-corrected chi connectivity index (χ3v) is 7.28. The van der Waals surface area contributed by atoms with Gasteiger partial charge in [0.1, 0.15) is 12.4 Å². The fraction of sp³-hybridized carbons (Fsp3) is 0.400. The second-order valence-electron chi connectivity index (χ2n) is 11.0. The van der Waals surface area contributed by atoms with Crippen molar-refractivity contribution in [1.29, 1.82) is 0 Å². The van der Waals surface area contributed by atoms with E-state index in [1.54, 1.807) is 0 Å². The Morgan fingerprint density at radius 2 is 1.52 bits per heavy atom. The molecule has 0 saturated carbocycles. The maximum atomic E-state index is 6.64. The molecule has 176 valence electrons. The molecule has 2 nitrogen and oxygen atoms in total. The second-order valence-corrected chi connectivity index (χ2v) is 12.3. The zero-order chi connectivity index (χ0) is 24.2. The Bertz CT molecular complexity index is 1070. The summed E-state index contributed by atoms with van der Waals surface area (Å²) in [7, 11) is 2.55. The third kappa shape index (κ3) is 6.69. The van der Waals surface area contributed by atoms with Gasteiger partial charge in [0.05, 0.1) is 0 Å². The Balaban J connectivity index is 2.14. The van der Waals surface area contributed by atoms with Crippen LogP contribution in [0, 0.1) is 6.92 Å². The minimum Gasteiger partial charge on any atom is -0.488 e. The molecular formula is C30H40NOP. The summed E-state index contributed by atoms with van der Waals surface area (Å²) in [5, 5.41) is 6.02.